The molecule has 0 radical (unpaired) electrons. The molecule has 1 aromatic rings. The maximum absolute atomic E-state index is 11.6. The lowest BCUT2D eigenvalue weighted by molar-refractivity contribution is -0.671. The Morgan fingerprint density at radius 2 is 1.53 bits per heavy atom. The van der Waals surface area contributed by atoms with Crippen LogP contribution < -0.4 is 4.57 Å². The number of aryl methyl sites for hydroxylation is 2. The highest BCUT2D eigenvalue weighted by molar-refractivity contribution is 4.87. The molecule has 2 nitrogen and oxygen atoms in total. The molecule has 0 amide bonds. The van der Waals surface area contributed by atoms with Gasteiger partial charge in [-0.05, 0) is 6.92 Å². The Bertz CT molecular complexity index is 373. The standard InChI is InChI=1S/C6H11N2.C4H3F7/c1-3-8-5-4-7(2)6-8;1-2(5,6)3(7,8)4(9,10)11/h4-6H,3H2,1-2H3;1H3/q+1;. The summed E-state index contributed by atoms with van der Waals surface area (Å²) in [6, 6.07) is 0. The summed E-state index contributed by atoms with van der Waals surface area (Å²) in [4.78, 5) is 0. The minimum atomic E-state index is -6.20. The van der Waals surface area contributed by atoms with Crippen molar-refractivity contribution in [3.8, 4) is 0 Å². The number of hydrogen-bond acceptors (Lipinski definition) is 0. The van der Waals surface area contributed by atoms with Crippen molar-refractivity contribution in [1.29, 1.82) is 0 Å². The third-order valence-electron chi connectivity index (χ3n) is 2.10. The van der Waals surface area contributed by atoms with E-state index >= 15 is 0 Å². The molecule has 0 spiro atoms. The lowest BCUT2D eigenvalue weighted by Gasteiger charge is -2.24. The molecule has 0 N–H and O–H groups in total. The first-order valence-electron chi connectivity index (χ1n) is 5.16. The first-order valence-corrected chi connectivity index (χ1v) is 5.16. The van der Waals surface area contributed by atoms with Crippen molar-refractivity contribution in [1.82, 2.24) is 4.57 Å². The highest BCUT2D eigenvalue weighted by Crippen LogP contribution is 2.45. The van der Waals surface area contributed by atoms with Gasteiger partial charge in [0.15, 0.2) is 0 Å². The van der Waals surface area contributed by atoms with Crippen molar-refractivity contribution in [3.63, 3.8) is 0 Å². The van der Waals surface area contributed by atoms with Gasteiger partial charge in [-0.25, -0.2) is 9.13 Å². The van der Waals surface area contributed by atoms with E-state index in [1.54, 1.807) is 0 Å². The molecule has 0 saturated heterocycles. The zero-order chi connectivity index (χ0) is 15.5. The van der Waals surface area contributed by atoms with E-state index in [4.69, 9.17) is 0 Å². The van der Waals surface area contributed by atoms with Crippen LogP contribution in [0.2, 0.25) is 0 Å². The SMILES string of the molecule is CC(F)(F)C(F)(F)C(F)(F)F.CCn1cc[n+](C)c1. The smallest absolute Gasteiger partial charge is 0.240 e. The van der Waals surface area contributed by atoms with Gasteiger partial charge in [0.1, 0.15) is 12.4 Å². The highest BCUT2D eigenvalue weighted by Gasteiger charge is 2.70. The topological polar surface area (TPSA) is 8.81 Å². The fraction of sp³-hybridized carbons (Fsp3) is 0.700. The number of rotatable bonds is 2. The first-order chi connectivity index (χ1) is 8.33. The second-order valence-electron chi connectivity index (χ2n) is 3.87. The van der Waals surface area contributed by atoms with E-state index in [0.717, 1.165) is 6.54 Å². The summed E-state index contributed by atoms with van der Waals surface area (Å²) in [5.41, 5.74) is 0. The zero-order valence-corrected chi connectivity index (χ0v) is 10.5. The molecule has 0 bridgehead atoms. The fourth-order valence-electron chi connectivity index (χ4n) is 0.938. The number of aromatic nitrogens is 2. The summed E-state index contributed by atoms with van der Waals surface area (Å²) in [5.74, 6) is -11.0. The van der Waals surface area contributed by atoms with E-state index in [1.165, 1.54) is 0 Å². The molecule has 0 fully saturated rings. The third-order valence-corrected chi connectivity index (χ3v) is 2.10. The van der Waals surface area contributed by atoms with Gasteiger partial charge in [0.2, 0.25) is 6.33 Å². The molecule has 1 heterocycles. The van der Waals surface area contributed by atoms with Gasteiger partial charge in [0.05, 0.1) is 13.6 Å². The van der Waals surface area contributed by atoms with Gasteiger partial charge >= 0.3 is 18.0 Å². The fourth-order valence-corrected chi connectivity index (χ4v) is 0.938. The summed E-state index contributed by atoms with van der Waals surface area (Å²) in [5, 5.41) is 0. The van der Waals surface area contributed by atoms with Crippen LogP contribution in [0.25, 0.3) is 0 Å². The van der Waals surface area contributed by atoms with Gasteiger partial charge in [-0.15, -0.1) is 0 Å². The lowest BCUT2D eigenvalue weighted by atomic mass is 10.2. The Kier molecular flexibility index (Phi) is 5.40. The van der Waals surface area contributed by atoms with Gasteiger partial charge in [-0.2, -0.15) is 30.7 Å². The van der Waals surface area contributed by atoms with Crippen LogP contribution in [-0.2, 0) is 13.6 Å². The molecule has 0 aliphatic heterocycles. The second kappa shape index (κ2) is 5.79. The van der Waals surface area contributed by atoms with Crippen molar-refractivity contribution in [2.45, 2.75) is 38.4 Å². The molecule has 19 heavy (non-hydrogen) atoms. The van der Waals surface area contributed by atoms with E-state index in [-0.39, 0.29) is 0 Å². The summed E-state index contributed by atoms with van der Waals surface area (Å²) in [6.45, 7) is 2.70. The molecule has 1 rings (SSSR count). The van der Waals surface area contributed by atoms with E-state index < -0.39 is 24.9 Å². The number of nitrogens with zero attached hydrogens (tertiary/aromatic N) is 2. The van der Waals surface area contributed by atoms with E-state index in [0.29, 0.717) is 0 Å². The number of imidazole rings is 1. The predicted octanol–water partition coefficient (Wildman–Crippen LogP) is 3.17. The molecular formula is C10H14F7N2+. The van der Waals surface area contributed by atoms with E-state index in [2.05, 4.69) is 24.0 Å². The maximum atomic E-state index is 11.6. The lowest BCUT2D eigenvalue weighted by Crippen LogP contribution is -2.50. The van der Waals surface area contributed by atoms with E-state index in [1.807, 2.05) is 17.8 Å². The predicted molar refractivity (Wildman–Crippen MR) is 52.9 cm³/mol. The molecule has 0 aromatic carbocycles. The molecule has 0 aliphatic rings. The van der Waals surface area contributed by atoms with Gasteiger partial charge in [0, 0.05) is 6.92 Å². The number of halogens is 7. The van der Waals surface area contributed by atoms with Crippen LogP contribution in [-0.4, -0.2) is 22.6 Å². The van der Waals surface area contributed by atoms with Gasteiger partial charge in [0.25, 0.3) is 0 Å². The molecule has 0 aliphatic carbocycles. The molecule has 0 unspecified atom stereocenters. The van der Waals surface area contributed by atoms with Crippen molar-refractivity contribution < 1.29 is 35.3 Å². The molecule has 0 atom stereocenters. The minimum Gasteiger partial charge on any atom is -0.240 e. The Labute approximate surface area is 105 Å². The van der Waals surface area contributed by atoms with Gasteiger partial charge in [-0.1, -0.05) is 0 Å². The van der Waals surface area contributed by atoms with E-state index in [9.17, 15) is 30.7 Å². The number of alkyl halides is 7. The van der Waals surface area contributed by atoms with Crippen LogP contribution in [0.1, 0.15) is 13.8 Å². The van der Waals surface area contributed by atoms with Gasteiger partial charge in [-0.3, -0.25) is 0 Å². The second-order valence-corrected chi connectivity index (χ2v) is 3.87. The van der Waals surface area contributed by atoms with Gasteiger partial charge < -0.3 is 0 Å². The van der Waals surface area contributed by atoms with Crippen molar-refractivity contribution in [3.05, 3.63) is 18.7 Å². The van der Waals surface area contributed by atoms with Crippen molar-refractivity contribution >= 4 is 0 Å². The summed E-state index contributed by atoms with van der Waals surface area (Å²) in [7, 11) is 2.02. The minimum absolute atomic E-state index is 0.486. The molecule has 9 heteroatoms. The average molecular weight is 295 g/mol. The summed E-state index contributed by atoms with van der Waals surface area (Å²) >= 11 is 0. The zero-order valence-electron chi connectivity index (χ0n) is 10.5. The number of hydrogen-bond donors (Lipinski definition) is 0. The van der Waals surface area contributed by atoms with Crippen LogP contribution >= 0.6 is 0 Å². The van der Waals surface area contributed by atoms with Crippen molar-refractivity contribution in [2.24, 2.45) is 7.05 Å². The normalized spacial score (nSPS) is 12.9. The maximum Gasteiger partial charge on any atom is 0.459 e. The monoisotopic (exact) mass is 295 g/mol. The largest absolute Gasteiger partial charge is 0.459 e. The van der Waals surface area contributed by atoms with Crippen LogP contribution in [0.3, 0.4) is 0 Å². The summed E-state index contributed by atoms with van der Waals surface area (Å²) < 4.78 is 83.6. The van der Waals surface area contributed by atoms with Crippen LogP contribution in [0.4, 0.5) is 30.7 Å². The first kappa shape index (κ1) is 17.7. The Balaban J connectivity index is 0.000000356. The third kappa shape index (κ3) is 4.71. The Morgan fingerprint density at radius 3 is 1.63 bits per heavy atom. The molecule has 0 saturated carbocycles. The van der Waals surface area contributed by atoms with Crippen LogP contribution in [0.15, 0.2) is 18.7 Å². The van der Waals surface area contributed by atoms with Crippen molar-refractivity contribution in [2.75, 3.05) is 0 Å². The average Bonchev–Trinajstić information content (AvgIpc) is 2.62. The molecular weight excluding hydrogens is 281 g/mol. The Hall–Kier alpha value is -1.28. The van der Waals surface area contributed by atoms with Crippen LogP contribution in [0, 0.1) is 0 Å². The van der Waals surface area contributed by atoms with Crippen LogP contribution in [0.5, 0.6) is 0 Å². The Morgan fingerprint density at radius 1 is 1.05 bits per heavy atom. The molecule has 1 aromatic heterocycles. The quantitative estimate of drug-likeness (QED) is 0.585. The molecule has 112 valence electrons. The summed E-state index contributed by atoms with van der Waals surface area (Å²) in [6.07, 6.45) is -0.0608. The highest BCUT2D eigenvalue weighted by atomic mass is 19.4.